The highest BCUT2D eigenvalue weighted by Crippen LogP contribution is 2.31. The first-order valence-corrected chi connectivity index (χ1v) is 6.79. The van der Waals surface area contributed by atoms with Gasteiger partial charge in [0.1, 0.15) is 17.1 Å². The van der Waals surface area contributed by atoms with Crippen molar-refractivity contribution in [1.29, 1.82) is 0 Å². The molecule has 4 nitrogen and oxygen atoms in total. The van der Waals surface area contributed by atoms with Crippen molar-refractivity contribution in [3.63, 3.8) is 0 Å². The first-order valence-electron chi connectivity index (χ1n) is 5.91. The van der Waals surface area contributed by atoms with Gasteiger partial charge in [-0.1, -0.05) is 0 Å². The molecule has 1 fully saturated rings. The fraction of sp³-hybridized carbons (Fsp3) is 0.500. The third-order valence-electron chi connectivity index (χ3n) is 3.06. The maximum Gasteiger partial charge on any atom is 0.235 e. The lowest BCUT2D eigenvalue weighted by Crippen LogP contribution is -2.34. The summed E-state index contributed by atoms with van der Waals surface area (Å²) in [6.07, 6.45) is 3.99. The molecular weight excluding hydrogens is 234 g/mol. The van der Waals surface area contributed by atoms with Crippen LogP contribution in [0.2, 0.25) is 0 Å². The fourth-order valence-corrected chi connectivity index (χ4v) is 3.04. The van der Waals surface area contributed by atoms with Crippen LogP contribution in [0.4, 0.5) is 0 Å². The standard InChI is InChI=1S/C12H15N3OS/c1-8-6-17-11-10(8)14-7-15-12(11)16-9-2-4-13-5-3-9/h6-7,9,13H,2-5H2,1H3. The van der Waals surface area contributed by atoms with Gasteiger partial charge in [0.2, 0.25) is 5.88 Å². The second kappa shape index (κ2) is 4.58. The Kier molecular flexibility index (Phi) is 2.94. The van der Waals surface area contributed by atoms with Crippen LogP contribution in [-0.4, -0.2) is 29.2 Å². The van der Waals surface area contributed by atoms with Gasteiger partial charge < -0.3 is 10.1 Å². The second-order valence-electron chi connectivity index (χ2n) is 4.34. The lowest BCUT2D eigenvalue weighted by atomic mass is 10.1. The Hall–Kier alpha value is -1.20. The van der Waals surface area contributed by atoms with Crippen LogP contribution in [0.3, 0.4) is 0 Å². The molecule has 1 aliphatic heterocycles. The lowest BCUT2D eigenvalue weighted by molar-refractivity contribution is 0.158. The fourth-order valence-electron chi connectivity index (χ4n) is 2.10. The van der Waals surface area contributed by atoms with Gasteiger partial charge in [0.25, 0.3) is 0 Å². The van der Waals surface area contributed by atoms with Gasteiger partial charge in [-0.15, -0.1) is 11.3 Å². The molecule has 0 amide bonds. The molecule has 17 heavy (non-hydrogen) atoms. The highest BCUT2D eigenvalue weighted by Gasteiger charge is 2.17. The number of fused-ring (bicyclic) bond motifs is 1. The van der Waals surface area contributed by atoms with Crippen molar-refractivity contribution in [1.82, 2.24) is 15.3 Å². The monoisotopic (exact) mass is 249 g/mol. The molecule has 1 aliphatic rings. The number of ether oxygens (including phenoxy) is 1. The summed E-state index contributed by atoms with van der Waals surface area (Å²) >= 11 is 1.66. The summed E-state index contributed by atoms with van der Waals surface area (Å²) in [4.78, 5) is 8.57. The Morgan fingerprint density at radius 2 is 2.18 bits per heavy atom. The van der Waals surface area contributed by atoms with E-state index in [9.17, 15) is 0 Å². The van der Waals surface area contributed by atoms with Gasteiger partial charge in [0.05, 0.1) is 5.52 Å². The lowest BCUT2D eigenvalue weighted by Gasteiger charge is -2.23. The van der Waals surface area contributed by atoms with E-state index in [2.05, 4.69) is 27.6 Å². The van der Waals surface area contributed by atoms with Crippen LogP contribution in [0.15, 0.2) is 11.7 Å². The Balaban J connectivity index is 1.89. The molecule has 1 saturated heterocycles. The summed E-state index contributed by atoms with van der Waals surface area (Å²) in [7, 11) is 0. The quantitative estimate of drug-likeness (QED) is 0.885. The molecule has 0 bridgehead atoms. The zero-order valence-corrected chi connectivity index (χ0v) is 10.6. The molecular formula is C12H15N3OS. The van der Waals surface area contributed by atoms with Crippen molar-refractivity contribution < 1.29 is 4.74 Å². The predicted molar refractivity (Wildman–Crippen MR) is 68.7 cm³/mol. The van der Waals surface area contributed by atoms with Crippen LogP contribution >= 0.6 is 11.3 Å². The first kappa shape index (κ1) is 10.9. The van der Waals surface area contributed by atoms with Gasteiger partial charge in [0.15, 0.2) is 0 Å². The minimum Gasteiger partial charge on any atom is -0.473 e. The van der Waals surface area contributed by atoms with E-state index in [1.165, 1.54) is 5.56 Å². The van der Waals surface area contributed by atoms with E-state index in [0.29, 0.717) is 0 Å². The minimum atomic E-state index is 0.289. The Morgan fingerprint density at radius 1 is 1.35 bits per heavy atom. The third-order valence-corrected chi connectivity index (χ3v) is 4.14. The number of piperidine rings is 1. The van der Waals surface area contributed by atoms with Gasteiger partial charge in [-0.3, -0.25) is 0 Å². The number of hydrogen-bond acceptors (Lipinski definition) is 5. The molecule has 0 atom stereocenters. The van der Waals surface area contributed by atoms with Crippen molar-refractivity contribution in [2.75, 3.05) is 13.1 Å². The number of nitrogens with one attached hydrogen (secondary N) is 1. The molecule has 2 aromatic rings. The molecule has 0 spiro atoms. The highest BCUT2D eigenvalue weighted by molar-refractivity contribution is 7.17. The Labute approximate surface area is 104 Å². The number of thiophene rings is 1. The van der Waals surface area contributed by atoms with Crippen LogP contribution < -0.4 is 10.1 Å². The molecule has 0 unspecified atom stereocenters. The van der Waals surface area contributed by atoms with E-state index < -0.39 is 0 Å². The van der Waals surface area contributed by atoms with Gasteiger partial charge in [-0.05, 0) is 43.8 Å². The number of aromatic nitrogens is 2. The molecule has 3 heterocycles. The molecule has 90 valence electrons. The van der Waals surface area contributed by atoms with Gasteiger partial charge >= 0.3 is 0 Å². The Morgan fingerprint density at radius 3 is 3.00 bits per heavy atom. The first-order chi connectivity index (χ1) is 8.34. The van der Waals surface area contributed by atoms with E-state index >= 15 is 0 Å². The number of nitrogens with zero attached hydrogens (tertiary/aromatic N) is 2. The maximum atomic E-state index is 6.00. The van der Waals surface area contributed by atoms with Crippen LogP contribution in [-0.2, 0) is 0 Å². The zero-order chi connectivity index (χ0) is 11.7. The molecule has 0 saturated carbocycles. The Bertz CT molecular complexity index is 519. The van der Waals surface area contributed by atoms with Crippen molar-refractivity contribution >= 4 is 21.6 Å². The van der Waals surface area contributed by atoms with E-state index in [1.54, 1.807) is 17.7 Å². The van der Waals surface area contributed by atoms with Crippen molar-refractivity contribution in [3.8, 4) is 5.88 Å². The highest BCUT2D eigenvalue weighted by atomic mass is 32.1. The van der Waals surface area contributed by atoms with Crippen LogP contribution in [0.5, 0.6) is 5.88 Å². The van der Waals surface area contributed by atoms with Crippen molar-refractivity contribution in [3.05, 3.63) is 17.3 Å². The number of hydrogen-bond donors (Lipinski definition) is 1. The average Bonchev–Trinajstić information content (AvgIpc) is 2.74. The van der Waals surface area contributed by atoms with E-state index in [-0.39, 0.29) is 6.10 Å². The molecule has 2 aromatic heterocycles. The SMILES string of the molecule is Cc1csc2c(OC3CCNCC3)ncnc12. The van der Waals surface area contributed by atoms with Crippen molar-refractivity contribution in [2.45, 2.75) is 25.9 Å². The normalized spacial score (nSPS) is 17.5. The van der Waals surface area contributed by atoms with Crippen molar-refractivity contribution in [2.24, 2.45) is 0 Å². The van der Waals surface area contributed by atoms with Crippen LogP contribution in [0.1, 0.15) is 18.4 Å². The summed E-state index contributed by atoms with van der Waals surface area (Å²) in [6, 6.07) is 0. The summed E-state index contributed by atoms with van der Waals surface area (Å²) < 4.78 is 7.07. The van der Waals surface area contributed by atoms with Gasteiger partial charge in [-0.2, -0.15) is 0 Å². The third kappa shape index (κ3) is 2.12. The average molecular weight is 249 g/mol. The molecule has 3 rings (SSSR count). The number of rotatable bonds is 2. The molecule has 0 aromatic carbocycles. The maximum absolute atomic E-state index is 6.00. The molecule has 1 N–H and O–H groups in total. The molecule has 0 radical (unpaired) electrons. The molecule has 5 heteroatoms. The number of aryl methyl sites for hydroxylation is 1. The predicted octanol–water partition coefficient (Wildman–Crippen LogP) is 2.13. The van der Waals surface area contributed by atoms with E-state index in [0.717, 1.165) is 42.0 Å². The molecule has 0 aliphatic carbocycles. The van der Waals surface area contributed by atoms with Crippen LogP contribution in [0, 0.1) is 6.92 Å². The summed E-state index contributed by atoms with van der Waals surface area (Å²) in [5.74, 6) is 0.750. The van der Waals surface area contributed by atoms with E-state index in [1.807, 2.05) is 0 Å². The second-order valence-corrected chi connectivity index (χ2v) is 5.22. The van der Waals surface area contributed by atoms with E-state index in [4.69, 9.17) is 4.74 Å². The summed E-state index contributed by atoms with van der Waals surface area (Å²) in [5, 5.41) is 5.44. The smallest absolute Gasteiger partial charge is 0.235 e. The summed E-state index contributed by atoms with van der Waals surface area (Å²) in [6.45, 7) is 4.13. The van der Waals surface area contributed by atoms with Crippen LogP contribution in [0.25, 0.3) is 10.2 Å². The summed E-state index contributed by atoms with van der Waals surface area (Å²) in [5.41, 5.74) is 2.22. The topological polar surface area (TPSA) is 47.0 Å². The van der Waals surface area contributed by atoms with Gasteiger partial charge in [0, 0.05) is 0 Å². The largest absolute Gasteiger partial charge is 0.473 e. The minimum absolute atomic E-state index is 0.289. The van der Waals surface area contributed by atoms with Gasteiger partial charge in [-0.25, -0.2) is 9.97 Å². The zero-order valence-electron chi connectivity index (χ0n) is 9.77.